The molecule has 0 aliphatic heterocycles. The van der Waals surface area contributed by atoms with E-state index >= 15 is 0 Å². The van der Waals surface area contributed by atoms with Gasteiger partial charge in [0, 0.05) is 6.42 Å². The van der Waals surface area contributed by atoms with Crippen LogP contribution < -0.4 is 4.74 Å². The van der Waals surface area contributed by atoms with E-state index in [-0.39, 0.29) is 23.7 Å². The minimum Gasteiger partial charge on any atom is -0.461 e. The molecule has 0 unspecified atom stereocenters. The normalized spacial score (nSPS) is 11.4. The van der Waals surface area contributed by atoms with Crippen molar-refractivity contribution in [2.75, 3.05) is 0 Å². The summed E-state index contributed by atoms with van der Waals surface area (Å²) in [5.41, 5.74) is 1.31. The third-order valence-corrected chi connectivity index (χ3v) is 2.64. The van der Waals surface area contributed by atoms with Crippen LogP contribution >= 0.6 is 0 Å². The largest absolute Gasteiger partial charge is 0.573 e. The number of aryl methyl sites for hydroxylation is 1. The SMILES string of the molecule is Cc1ccoc1C(=O)Cc1ccc(OC(F)(F)F)cc1. The molecule has 2 aromatic rings. The van der Waals surface area contributed by atoms with Gasteiger partial charge in [-0.3, -0.25) is 4.79 Å². The zero-order valence-corrected chi connectivity index (χ0v) is 10.5. The molecule has 0 saturated heterocycles. The van der Waals surface area contributed by atoms with Gasteiger partial charge in [-0.2, -0.15) is 0 Å². The van der Waals surface area contributed by atoms with Crippen molar-refractivity contribution in [3.63, 3.8) is 0 Å². The molecule has 2 rings (SSSR count). The maximum Gasteiger partial charge on any atom is 0.573 e. The fourth-order valence-corrected chi connectivity index (χ4v) is 1.73. The number of alkyl halides is 3. The summed E-state index contributed by atoms with van der Waals surface area (Å²) in [6.45, 7) is 1.75. The minimum atomic E-state index is -4.72. The molecular formula is C14H11F3O3. The molecule has 6 heteroatoms. The summed E-state index contributed by atoms with van der Waals surface area (Å²) in [5, 5.41) is 0. The molecule has 0 fully saturated rings. The number of furan rings is 1. The molecule has 1 heterocycles. The van der Waals surface area contributed by atoms with Gasteiger partial charge >= 0.3 is 6.36 Å². The van der Waals surface area contributed by atoms with E-state index in [0.29, 0.717) is 5.56 Å². The van der Waals surface area contributed by atoms with Crippen molar-refractivity contribution in [2.45, 2.75) is 19.7 Å². The highest BCUT2D eigenvalue weighted by atomic mass is 19.4. The highest BCUT2D eigenvalue weighted by Crippen LogP contribution is 2.23. The Kier molecular flexibility index (Phi) is 3.83. The van der Waals surface area contributed by atoms with Crippen LogP contribution in [0.4, 0.5) is 13.2 Å². The molecule has 0 radical (unpaired) electrons. The summed E-state index contributed by atoms with van der Waals surface area (Å²) in [6.07, 6.45) is -3.24. The van der Waals surface area contributed by atoms with E-state index in [1.807, 2.05) is 0 Å². The van der Waals surface area contributed by atoms with Gasteiger partial charge in [-0.1, -0.05) is 12.1 Å². The lowest BCUT2D eigenvalue weighted by Crippen LogP contribution is -2.17. The van der Waals surface area contributed by atoms with E-state index < -0.39 is 6.36 Å². The smallest absolute Gasteiger partial charge is 0.461 e. The van der Waals surface area contributed by atoms with Crippen molar-refractivity contribution in [2.24, 2.45) is 0 Å². The molecule has 0 bridgehead atoms. The van der Waals surface area contributed by atoms with Crippen molar-refractivity contribution in [3.8, 4) is 5.75 Å². The number of ketones is 1. The first-order valence-corrected chi connectivity index (χ1v) is 5.77. The maximum absolute atomic E-state index is 12.0. The van der Waals surface area contributed by atoms with Crippen LogP contribution in [-0.4, -0.2) is 12.1 Å². The summed E-state index contributed by atoms with van der Waals surface area (Å²) in [5.74, 6) is -0.277. The van der Waals surface area contributed by atoms with Gasteiger partial charge in [0.2, 0.25) is 5.78 Å². The lowest BCUT2D eigenvalue weighted by molar-refractivity contribution is -0.274. The van der Waals surface area contributed by atoms with Gasteiger partial charge < -0.3 is 9.15 Å². The van der Waals surface area contributed by atoms with E-state index in [4.69, 9.17) is 4.42 Å². The predicted molar refractivity (Wildman–Crippen MR) is 64.6 cm³/mol. The molecule has 1 aromatic carbocycles. The number of hydrogen-bond acceptors (Lipinski definition) is 3. The summed E-state index contributed by atoms with van der Waals surface area (Å²) in [6, 6.07) is 6.85. The third kappa shape index (κ3) is 3.63. The van der Waals surface area contributed by atoms with Crippen LogP contribution in [0.25, 0.3) is 0 Å². The molecule has 3 nitrogen and oxygen atoms in total. The Balaban J connectivity index is 2.04. The van der Waals surface area contributed by atoms with Crippen LogP contribution in [0.5, 0.6) is 5.75 Å². The van der Waals surface area contributed by atoms with Gasteiger partial charge in [-0.15, -0.1) is 13.2 Å². The number of Topliss-reactive ketones (excluding diaryl/α,β-unsaturated/α-hetero) is 1. The van der Waals surface area contributed by atoms with Gasteiger partial charge in [0.05, 0.1) is 6.26 Å². The molecular weight excluding hydrogens is 273 g/mol. The van der Waals surface area contributed by atoms with Gasteiger partial charge in [0.15, 0.2) is 5.76 Å². The Morgan fingerprint density at radius 1 is 1.20 bits per heavy atom. The molecule has 0 saturated carbocycles. The average Bonchev–Trinajstić information content (AvgIpc) is 2.76. The Bertz CT molecular complexity index is 597. The molecule has 0 aliphatic carbocycles. The number of carbonyl (C=O) groups is 1. The zero-order chi connectivity index (χ0) is 14.8. The minimum absolute atomic E-state index is 0.0562. The molecule has 0 aliphatic rings. The molecule has 0 N–H and O–H groups in total. The summed E-state index contributed by atoms with van der Waals surface area (Å²) in [7, 11) is 0. The molecule has 106 valence electrons. The monoisotopic (exact) mass is 284 g/mol. The van der Waals surface area contributed by atoms with Gasteiger partial charge in [-0.05, 0) is 36.2 Å². The quantitative estimate of drug-likeness (QED) is 0.799. The zero-order valence-electron chi connectivity index (χ0n) is 10.5. The van der Waals surface area contributed by atoms with Crippen LogP contribution in [0.15, 0.2) is 41.0 Å². The molecule has 0 atom stereocenters. The summed E-state index contributed by atoms with van der Waals surface area (Å²) >= 11 is 0. The fourth-order valence-electron chi connectivity index (χ4n) is 1.73. The number of halogens is 3. The Hall–Kier alpha value is -2.24. The average molecular weight is 284 g/mol. The van der Waals surface area contributed by atoms with Crippen molar-refractivity contribution in [1.29, 1.82) is 0 Å². The molecule has 20 heavy (non-hydrogen) atoms. The number of benzene rings is 1. The lowest BCUT2D eigenvalue weighted by Gasteiger charge is -2.09. The van der Waals surface area contributed by atoms with Crippen molar-refractivity contribution >= 4 is 5.78 Å². The lowest BCUT2D eigenvalue weighted by atomic mass is 10.1. The van der Waals surface area contributed by atoms with Crippen LogP contribution in [0.3, 0.4) is 0 Å². The van der Waals surface area contributed by atoms with Crippen LogP contribution in [0, 0.1) is 6.92 Å². The molecule has 0 spiro atoms. The standard InChI is InChI=1S/C14H11F3O3/c1-9-6-7-19-13(9)12(18)8-10-2-4-11(5-3-10)20-14(15,16)17/h2-7H,8H2,1H3. The van der Waals surface area contributed by atoms with Crippen LogP contribution in [0.2, 0.25) is 0 Å². The second-order valence-corrected chi connectivity index (χ2v) is 4.22. The Labute approximate surface area is 113 Å². The summed E-state index contributed by atoms with van der Waals surface area (Å²) in [4.78, 5) is 11.9. The van der Waals surface area contributed by atoms with E-state index in [2.05, 4.69) is 4.74 Å². The first kappa shape index (κ1) is 14.2. The van der Waals surface area contributed by atoms with E-state index in [9.17, 15) is 18.0 Å². The first-order chi connectivity index (χ1) is 9.35. The number of carbonyl (C=O) groups excluding carboxylic acids is 1. The predicted octanol–water partition coefficient (Wildman–Crippen LogP) is 3.91. The third-order valence-electron chi connectivity index (χ3n) is 2.64. The van der Waals surface area contributed by atoms with Gasteiger partial charge in [0.25, 0.3) is 0 Å². The fraction of sp³-hybridized carbons (Fsp3) is 0.214. The molecule has 1 aromatic heterocycles. The maximum atomic E-state index is 12.0. The van der Waals surface area contributed by atoms with Crippen molar-refractivity contribution < 1.29 is 27.1 Å². The highest BCUT2D eigenvalue weighted by Gasteiger charge is 2.30. The highest BCUT2D eigenvalue weighted by molar-refractivity contribution is 5.96. The van der Waals surface area contributed by atoms with Crippen LogP contribution in [0.1, 0.15) is 21.7 Å². The van der Waals surface area contributed by atoms with E-state index in [1.54, 1.807) is 13.0 Å². The molecule has 0 amide bonds. The van der Waals surface area contributed by atoms with E-state index in [1.165, 1.54) is 30.5 Å². The van der Waals surface area contributed by atoms with Gasteiger partial charge in [-0.25, -0.2) is 0 Å². The Morgan fingerprint density at radius 2 is 1.85 bits per heavy atom. The topological polar surface area (TPSA) is 39.4 Å². The second kappa shape index (κ2) is 5.40. The second-order valence-electron chi connectivity index (χ2n) is 4.22. The van der Waals surface area contributed by atoms with Crippen molar-refractivity contribution in [3.05, 3.63) is 53.5 Å². The van der Waals surface area contributed by atoms with E-state index in [0.717, 1.165) is 5.56 Å². The Morgan fingerprint density at radius 3 is 2.35 bits per heavy atom. The number of ether oxygens (including phenoxy) is 1. The van der Waals surface area contributed by atoms with Crippen LogP contribution in [-0.2, 0) is 6.42 Å². The van der Waals surface area contributed by atoms with Gasteiger partial charge in [0.1, 0.15) is 5.75 Å². The summed E-state index contributed by atoms with van der Waals surface area (Å²) < 4.78 is 44.8. The number of hydrogen-bond donors (Lipinski definition) is 0. The number of rotatable bonds is 4. The first-order valence-electron chi connectivity index (χ1n) is 5.77. The van der Waals surface area contributed by atoms with Crippen molar-refractivity contribution in [1.82, 2.24) is 0 Å².